The number of rotatable bonds is 6. The van der Waals surface area contributed by atoms with Crippen LogP contribution < -0.4 is 4.72 Å². The molecule has 0 amide bonds. The van der Waals surface area contributed by atoms with E-state index in [2.05, 4.69) is 10.8 Å². The maximum absolute atomic E-state index is 12.6. The van der Waals surface area contributed by atoms with Crippen molar-refractivity contribution in [3.8, 4) is 0 Å². The molecule has 25 heavy (non-hydrogen) atoms. The maximum Gasteiger partial charge on any atom is 0.335 e. The van der Waals surface area contributed by atoms with Gasteiger partial charge in [-0.15, -0.1) is 0 Å². The van der Waals surface area contributed by atoms with Crippen molar-refractivity contribution in [1.29, 1.82) is 0 Å². The number of carbonyl (C=O) groups is 1. The fourth-order valence-electron chi connectivity index (χ4n) is 3.25. The van der Waals surface area contributed by atoms with Crippen LogP contribution in [0.15, 0.2) is 29.2 Å². The molecule has 1 aliphatic carbocycles. The number of carboxylic acid groups (broad SMARTS) is 1. The number of hydrogen-bond acceptors (Lipinski definition) is 4. The van der Waals surface area contributed by atoms with E-state index < -0.39 is 16.0 Å². The lowest BCUT2D eigenvalue weighted by molar-refractivity contribution is 0.0696. The van der Waals surface area contributed by atoms with Crippen molar-refractivity contribution in [3.63, 3.8) is 0 Å². The predicted molar refractivity (Wildman–Crippen MR) is 94.0 cm³/mol. The second-order valence-corrected chi connectivity index (χ2v) is 8.28. The number of carboxylic acids is 1. The molecule has 136 valence electrons. The van der Waals surface area contributed by atoms with Crippen LogP contribution in [0.1, 0.15) is 54.4 Å². The van der Waals surface area contributed by atoms with Crippen LogP contribution in [0, 0.1) is 0 Å². The molecular weight excluding hydrogens is 342 g/mol. The van der Waals surface area contributed by atoms with Gasteiger partial charge in [0.15, 0.2) is 0 Å². The summed E-state index contributed by atoms with van der Waals surface area (Å²) >= 11 is 0. The van der Waals surface area contributed by atoms with Gasteiger partial charge in [0.05, 0.1) is 16.6 Å². The van der Waals surface area contributed by atoms with Crippen LogP contribution in [0.3, 0.4) is 0 Å². The van der Waals surface area contributed by atoms with Crippen LogP contribution in [0.5, 0.6) is 0 Å². The lowest BCUT2D eigenvalue weighted by Crippen LogP contribution is -2.32. The van der Waals surface area contributed by atoms with Gasteiger partial charge in [-0.1, -0.05) is 6.08 Å². The molecule has 1 fully saturated rings. The largest absolute Gasteiger partial charge is 0.478 e. The topological polar surface area (TPSA) is 92.7 Å². The summed E-state index contributed by atoms with van der Waals surface area (Å²) in [5.41, 5.74) is 1.68. The molecule has 0 unspecified atom stereocenters. The smallest absolute Gasteiger partial charge is 0.335 e. The second kappa shape index (κ2) is 7.68. The fourth-order valence-corrected chi connectivity index (χ4v) is 4.39. The van der Waals surface area contributed by atoms with Crippen molar-refractivity contribution in [3.05, 3.63) is 35.4 Å². The highest BCUT2D eigenvalue weighted by Crippen LogP contribution is 2.29. The van der Waals surface area contributed by atoms with Crippen molar-refractivity contribution in [2.45, 2.75) is 49.5 Å². The number of allylic oxidation sites excluding steroid dienone is 2. The Balaban J connectivity index is 1.89. The third-order valence-electron chi connectivity index (χ3n) is 4.65. The molecule has 1 atom stereocenters. The average Bonchev–Trinajstić information content (AvgIpc) is 3.14. The summed E-state index contributed by atoms with van der Waals surface area (Å²) in [6.45, 7) is 0.858. The van der Waals surface area contributed by atoms with E-state index in [1.807, 2.05) is 0 Å². The van der Waals surface area contributed by atoms with Crippen molar-refractivity contribution in [2.24, 2.45) is 0 Å². The van der Waals surface area contributed by atoms with Gasteiger partial charge in [0.25, 0.3) is 0 Å². The van der Waals surface area contributed by atoms with Crippen molar-refractivity contribution >= 4 is 21.6 Å². The Morgan fingerprint density at radius 1 is 1.24 bits per heavy atom. The minimum atomic E-state index is -3.79. The number of benzene rings is 1. The number of aromatic carboxylic acids is 1. The molecule has 1 saturated heterocycles. The minimum Gasteiger partial charge on any atom is -0.478 e. The van der Waals surface area contributed by atoms with Crippen molar-refractivity contribution in [1.82, 2.24) is 4.72 Å². The molecule has 6 nitrogen and oxygen atoms in total. The molecule has 0 spiro atoms. The van der Waals surface area contributed by atoms with Gasteiger partial charge in [-0.3, -0.25) is 0 Å². The van der Waals surface area contributed by atoms with E-state index in [4.69, 9.17) is 4.74 Å². The summed E-state index contributed by atoms with van der Waals surface area (Å²) < 4.78 is 33.2. The summed E-state index contributed by atoms with van der Waals surface area (Å²) in [4.78, 5) is 11.4. The van der Waals surface area contributed by atoms with Gasteiger partial charge in [-0.25, -0.2) is 17.9 Å². The van der Waals surface area contributed by atoms with E-state index in [1.165, 1.54) is 6.07 Å². The van der Waals surface area contributed by atoms with E-state index in [-0.39, 0.29) is 23.1 Å². The van der Waals surface area contributed by atoms with Gasteiger partial charge >= 0.3 is 5.97 Å². The highest BCUT2D eigenvalue weighted by Gasteiger charge is 2.22. The normalized spacial score (nSPS) is 21.1. The zero-order valence-electron chi connectivity index (χ0n) is 14.0. The van der Waals surface area contributed by atoms with Crippen LogP contribution in [0.25, 0.3) is 5.57 Å². The zero-order valence-corrected chi connectivity index (χ0v) is 14.8. The Kier molecular flexibility index (Phi) is 5.56. The van der Waals surface area contributed by atoms with E-state index in [9.17, 15) is 18.3 Å². The quantitative estimate of drug-likeness (QED) is 0.809. The van der Waals surface area contributed by atoms with Crippen LogP contribution in [0.2, 0.25) is 0 Å². The molecule has 1 heterocycles. The zero-order chi connectivity index (χ0) is 17.9. The van der Waals surface area contributed by atoms with E-state index in [0.29, 0.717) is 12.2 Å². The Morgan fingerprint density at radius 2 is 2.08 bits per heavy atom. The highest BCUT2D eigenvalue weighted by molar-refractivity contribution is 7.89. The van der Waals surface area contributed by atoms with E-state index in [0.717, 1.165) is 44.1 Å². The molecule has 0 saturated carbocycles. The molecule has 2 N–H and O–H groups in total. The van der Waals surface area contributed by atoms with Gasteiger partial charge in [-0.05, 0) is 67.9 Å². The second-order valence-electron chi connectivity index (χ2n) is 6.51. The molecule has 0 bridgehead atoms. The summed E-state index contributed by atoms with van der Waals surface area (Å²) in [5, 5.41) is 9.35. The first-order valence-corrected chi connectivity index (χ1v) is 10.1. The van der Waals surface area contributed by atoms with Gasteiger partial charge in [0.1, 0.15) is 0 Å². The first-order chi connectivity index (χ1) is 12.0. The summed E-state index contributed by atoms with van der Waals surface area (Å²) in [5.74, 6) is -1.13. The fraction of sp³-hybridized carbons (Fsp3) is 0.500. The summed E-state index contributed by atoms with van der Waals surface area (Å²) in [7, 11) is -3.79. The highest BCUT2D eigenvalue weighted by atomic mass is 32.2. The maximum atomic E-state index is 12.6. The van der Waals surface area contributed by atoms with Gasteiger partial charge < -0.3 is 9.84 Å². The molecule has 1 aromatic rings. The summed E-state index contributed by atoms with van der Waals surface area (Å²) in [6.07, 6.45) is 7.63. The van der Waals surface area contributed by atoms with Crippen LogP contribution in [-0.2, 0) is 14.8 Å². The first-order valence-electron chi connectivity index (χ1n) is 8.65. The number of nitrogens with one attached hydrogen (secondary N) is 1. The Labute approximate surface area is 147 Å². The molecule has 7 heteroatoms. The lowest BCUT2D eigenvalue weighted by Gasteiger charge is -2.16. The molecular formula is C18H23NO5S. The number of sulfonamides is 1. The Hall–Kier alpha value is -1.70. The molecule has 0 radical (unpaired) electrons. The van der Waals surface area contributed by atoms with Crippen LogP contribution in [0.4, 0.5) is 0 Å². The number of hydrogen-bond donors (Lipinski definition) is 2. The Morgan fingerprint density at radius 3 is 2.72 bits per heavy atom. The monoisotopic (exact) mass is 365 g/mol. The average molecular weight is 365 g/mol. The number of ether oxygens (including phenoxy) is 1. The standard InChI is InChI=1S/C18H23NO5S/c20-18(21)15-9-14(13-5-2-1-3-6-13)10-17(11-15)25(22,23)19-12-16-7-4-8-24-16/h5,9-11,16,19H,1-4,6-8,12H2,(H,20,21)/t16-/m1/s1. The third kappa shape index (κ3) is 4.48. The molecule has 2 aliphatic rings. The van der Waals surface area contributed by atoms with Crippen LogP contribution in [-0.4, -0.2) is 38.7 Å². The van der Waals surface area contributed by atoms with Crippen molar-refractivity contribution in [2.75, 3.05) is 13.2 Å². The van der Waals surface area contributed by atoms with Gasteiger partial charge in [0, 0.05) is 13.2 Å². The summed E-state index contributed by atoms with van der Waals surface area (Å²) in [6, 6.07) is 4.34. The minimum absolute atomic E-state index is 0.00753. The predicted octanol–water partition coefficient (Wildman–Crippen LogP) is 2.80. The van der Waals surface area contributed by atoms with Gasteiger partial charge in [-0.2, -0.15) is 0 Å². The third-order valence-corrected chi connectivity index (χ3v) is 6.05. The van der Waals surface area contributed by atoms with Gasteiger partial charge in [0.2, 0.25) is 10.0 Å². The van der Waals surface area contributed by atoms with E-state index in [1.54, 1.807) is 12.1 Å². The molecule has 0 aromatic heterocycles. The SMILES string of the molecule is O=C(O)c1cc(C2=CCCCC2)cc(S(=O)(=O)NC[C@H]2CCCO2)c1. The van der Waals surface area contributed by atoms with Crippen molar-refractivity contribution < 1.29 is 23.1 Å². The van der Waals surface area contributed by atoms with Crippen LogP contribution >= 0.6 is 0 Å². The molecule has 3 rings (SSSR count). The molecule has 1 aliphatic heterocycles. The lowest BCUT2D eigenvalue weighted by atomic mass is 9.93. The first kappa shape index (κ1) is 18.1. The molecule has 1 aromatic carbocycles. The Bertz CT molecular complexity index is 779. The van der Waals surface area contributed by atoms with E-state index >= 15 is 0 Å².